The summed E-state index contributed by atoms with van der Waals surface area (Å²) in [4.78, 5) is 4.12. The lowest BCUT2D eigenvalue weighted by Crippen LogP contribution is -2.38. The van der Waals surface area contributed by atoms with E-state index in [0.29, 0.717) is 5.96 Å². The molecule has 1 aliphatic heterocycles. The lowest BCUT2D eigenvalue weighted by atomic mass is 10.0. The van der Waals surface area contributed by atoms with Gasteiger partial charge >= 0.3 is 0 Å². The minimum atomic E-state index is 0.205. The van der Waals surface area contributed by atoms with E-state index in [0.717, 1.165) is 18.7 Å². The van der Waals surface area contributed by atoms with E-state index in [9.17, 15) is 0 Å². The second kappa shape index (κ2) is 5.08. The van der Waals surface area contributed by atoms with Crippen LogP contribution >= 0.6 is 0 Å². The van der Waals surface area contributed by atoms with Gasteiger partial charge in [-0.25, -0.2) is 0 Å². The Bertz CT molecular complexity index is 398. The minimum Gasteiger partial charge on any atom is -0.491 e. The summed E-state index contributed by atoms with van der Waals surface area (Å²) in [5.74, 6) is 1.44. The highest BCUT2D eigenvalue weighted by atomic mass is 16.5. The topological polar surface area (TPSA) is 59.6 Å². The maximum atomic E-state index is 5.67. The van der Waals surface area contributed by atoms with E-state index in [1.807, 2.05) is 26.0 Å². The lowest BCUT2D eigenvalue weighted by Gasteiger charge is -2.23. The van der Waals surface area contributed by atoms with Gasteiger partial charge in [0.15, 0.2) is 5.96 Å². The predicted octanol–water partition coefficient (Wildman–Crippen LogP) is 1.82. The molecule has 1 heterocycles. The average Bonchev–Trinajstić information content (AvgIpc) is 2.29. The number of nitrogens with one attached hydrogen (secondary N) is 1. The maximum absolute atomic E-state index is 5.67. The maximum Gasteiger partial charge on any atom is 0.189 e. The Hall–Kier alpha value is -1.71. The molecule has 17 heavy (non-hydrogen) atoms. The highest BCUT2D eigenvalue weighted by Crippen LogP contribution is 2.22. The van der Waals surface area contributed by atoms with E-state index in [-0.39, 0.29) is 12.1 Å². The summed E-state index contributed by atoms with van der Waals surface area (Å²) in [5, 5.41) is 3.18. The number of nitrogens with zero attached hydrogens (tertiary/aromatic N) is 1. The Kier molecular flexibility index (Phi) is 3.52. The molecule has 0 spiro atoms. The van der Waals surface area contributed by atoms with Gasteiger partial charge in [0, 0.05) is 6.54 Å². The number of aliphatic imine (C=N–C) groups is 1. The molecule has 3 N–H and O–H groups in total. The van der Waals surface area contributed by atoms with Gasteiger partial charge in [0.2, 0.25) is 0 Å². The van der Waals surface area contributed by atoms with Gasteiger partial charge < -0.3 is 15.8 Å². The number of hydrogen-bond acceptors (Lipinski definition) is 4. The van der Waals surface area contributed by atoms with E-state index in [1.165, 1.54) is 5.56 Å². The molecule has 0 saturated carbocycles. The van der Waals surface area contributed by atoms with Gasteiger partial charge in [-0.05, 0) is 38.0 Å². The van der Waals surface area contributed by atoms with Crippen molar-refractivity contribution in [1.82, 2.24) is 5.32 Å². The molecule has 92 valence electrons. The fourth-order valence-corrected chi connectivity index (χ4v) is 1.91. The third-order valence-corrected chi connectivity index (χ3v) is 2.68. The van der Waals surface area contributed by atoms with Crippen molar-refractivity contribution in [3.05, 3.63) is 29.8 Å². The summed E-state index contributed by atoms with van der Waals surface area (Å²) in [5.41, 5.74) is 6.89. The molecular formula is C13H19N3O. The number of hydrogen-bond donors (Lipinski definition) is 2. The van der Waals surface area contributed by atoms with E-state index in [1.54, 1.807) is 0 Å². The average molecular weight is 233 g/mol. The van der Waals surface area contributed by atoms with Gasteiger partial charge in [-0.1, -0.05) is 12.1 Å². The van der Waals surface area contributed by atoms with E-state index in [4.69, 9.17) is 10.5 Å². The number of ether oxygens (including phenoxy) is 1. The van der Waals surface area contributed by atoms with Crippen LogP contribution in [0.1, 0.15) is 31.9 Å². The first-order chi connectivity index (χ1) is 8.15. The molecular weight excluding hydrogens is 214 g/mol. The van der Waals surface area contributed by atoms with Crippen LogP contribution in [0.25, 0.3) is 0 Å². The van der Waals surface area contributed by atoms with Crippen molar-refractivity contribution in [2.45, 2.75) is 32.4 Å². The van der Waals surface area contributed by atoms with Crippen LogP contribution in [0.3, 0.4) is 0 Å². The van der Waals surface area contributed by atoms with Gasteiger partial charge in [-0.15, -0.1) is 0 Å². The molecule has 1 unspecified atom stereocenters. The van der Waals surface area contributed by atoms with Crippen LogP contribution in [0.4, 0.5) is 0 Å². The Morgan fingerprint density at radius 3 is 2.65 bits per heavy atom. The van der Waals surface area contributed by atoms with Crippen molar-refractivity contribution < 1.29 is 4.74 Å². The van der Waals surface area contributed by atoms with Crippen LogP contribution in [0, 0.1) is 0 Å². The second-order valence-electron chi connectivity index (χ2n) is 4.49. The zero-order valence-electron chi connectivity index (χ0n) is 10.3. The normalized spacial score (nSPS) is 19.7. The van der Waals surface area contributed by atoms with Crippen molar-refractivity contribution in [2.75, 3.05) is 6.54 Å². The Morgan fingerprint density at radius 1 is 1.35 bits per heavy atom. The summed E-state index contributed by atoms with van der Waals surface area (Å²) < 4.78 is 5.61. The number of guanidine groups is 1. The monoisotopic (exact) mass is 233 g/mol. The first-order valence-electron chi connectivity index (χ1n) is 5.98. The molecule has 0 fully saturated rings. The van der Waals surface area contributed by atoms with Crippen molar-refractivity contribution in [1.29, 1.82) is 0 Å². The van der Waals surface area contributed by atoms with E-state index >= 15 is 0 Å². The van der Waals surface area contributed by atoms with Crippen LogP contribution in [-0.2, 0) is 0 Å². The molecule has 0 radical (unpaired) electrons. The smallest absolute Gasteiger partial charge is 0.189 e. The summed E-state index contributed by atoms with van der Waals surface area (Å²) in [6, 6.07) is 8.42. The van der Waals surface area contributed by atoms with Crippen molar-refractivity contribution in [3.8, 4) is 5.75 Å². The first-order valence-corrected chi connectivity index (χ1v) is 5.98. The minimum absolute atomic E-state index is 0.205. The van der Waals surface area contributed by atoms with Crippen LogP contribution < -0.4 is 15.8 Å². The molecule has 4 nitrogen and oxygen atoms in total. The van der Waals surface area contributed by atoms with Gasteiger partial charge in [0.25, 0.3) is 0 Å². The number of nitrogens with two attached hydrogens (primary N) is 1. The van der Waals surface area contributed by atoms with Crippen molar-refractivity contribution in [3.63, 3.8) is 0 Å². The van der Waals surface area contributed by atoms with Crippen LogP contribution in [-0.4, -0.2) is 18.6 Å². The van der Waals surface area contributed by atoms with Crippen LogP contribution in [0.2, 0.25) is 0 Å². The standard InChI is InChI=1S/C13H19N3O/c1-9(2)17-11-5-3-10(4-6-11)12-7-8-15-13(14)16-12/h3-6,9,12H,7-8H2,1-2H3,(H3,14,15,16). The molecule has 0 bridgehead atoms. The summed E-state index contributed by atoms with van der Waals surface area (Å²) in [6.07, 6.45) is 1.18. The third-order valence-electron chi connectivity index (χ3n) is 2.68. The fraction of sp³-hybridized carbons (Fsp3) is 0.462. The second-order valence-corrected chi connectivity index (χ2v) is 4.49. The Labute approximate surface area is 102 Å². The fourth-order valence-electron chi connectivity index (χ4n) is 1.91. The highest BCUT2D eigenvalue weighted by Gasteiger charge is 2.15. The molecule has 0 amide bonds. The molecule has 0 aromatic heterocycles. The lowest BCUT2D eigenvalue weighted by molar-refractivity contribution is 0.242. The highest BCUT2D eigenvalue weighted by molar-refractivity contribution is 5.78. The van der Waals surface area contributed by atoms with Crippen molar-refractivity contribution >= 4 is 5.96 Å². The molecule has 0 aliphatic carbocycles. The Balaban J connectivity index is 2.05. The predicted molar refractivity (Wildman–Crippen MR) is 69.2 cm³/mol. The summed E-state index contributed by atoms with van der Waals surface area (Å²) in [7, 11) is 0. The van der Waals surface area contributed by atoms with Gasteiger partial charge in [-0.3, -0.25) is 4.99 Å². The largest absolute Gasteiger partial charge is 0.491 e. The molecule has 1 aliphatic rings. The third kappa shape index (κ3) is 3.12. The zero-order chi connectivity index (χ0) is 12.3. The zero-order valence-corrected chi connectivity index (χ0v) is 10.3. The van der Waals surface area contributed by atoms with Crippen LogP contribution in [0.5, 0.6) is 5.75 Å². The summed E-state index contributed by atoms with van der Waals surface area (Å²) in [6.45, 7) is 4.83. The molecule has 0 saturated heterocycles. The van der Waals surface area contributed by atoms with Crippen molar-refractivity contribution in [2.24, 2.45) is 10.7 Å². The van der Waals surface area contributed by atoms with Gasteiger partial charge in [0.1, 0.15) is 5.75 Å². The van der Waals surface area contributed by atoms with Crippen LogP contribution in [0.15, 0.2) is 29.3 Å². The van der Waals surface area contributed by atoms with Gasteiger partial charge in [0.05, 0.1) is 12.1 Å². The van der Waals surface area contributed by atoms with E-state index in [2.05, 4.69) is 22.4 Å². The molecule has 1 atom stereocenters. The molecule has 1 aromatic rings. The quantitative estimate of drug-likeness (QED) is 0.837. The number of rotatable bonds is 3. The molecule has 2 rings (SSSR count). The summed E-state index contributed by atoms with van der Waals surface area (Å²) >= 11 is 0. The van der Waals surface area contributed by atoms with E-state index < -0.39 is 0 Å². The first kappa shape index (κ1) is 11.8. The Morgan fingerprint density at radius 2 is 2.06 bits per heavy atom. The van der Waals surface area contributed by atoms with Gasteiger partial charge in [-0.2, -0.15) is 0 Å². The SMILES string of the molecule is CC(C)Oc1ccc(C2CCN=C(N)N2)cc1. The number of benzene rings is 1. The molecule has 4 heteroatoms. The molecule has 1 aromatic carbocycles.